The van der Waals surface area contributed by atoms with Gasteiger partial charge in [0.25, 0.3) is 5.91 Å². The quantitative estimate of drug-likeness (QED) is 0.225. The first-order valence-electron chi connectivity index (χ1n) is 13.4. The lowest BCUT2D eigenvalue weighted by atomic mass is 10.00. The standard InChI is InChI=1S/C30H43N3O4S/c1-7-9-12-19-33(28(35)25(20-38)32-29(36)37-30(4,5)6)26(23-17-15-22(8-2)16-18-23)27(34)31-24-14-11-10-13-21(24)3/h10-11,13-18,25-26,38H,7-9,12,19-20H2,1-6H3,(H,31,34)(H,32,36). The van der Waals surface area contributed by atoms with E-state index >= 15 is 0 Å². The van der Waals surface area contributed by atoms with Crippen molar-refractivity contribution >= 4 is 36.2 Å². The predicted molar refractivity (Wildman–Crippen MR) is 157 cm³/mol. The van der Waals surface area contributed by atoms with Crippen molar-refractivity contribution in [2.75, 3.05) is 17.6 Å². The van der Waals surface area contributed by atoms with E-state index in [-0.39, 0.29) is 17.6 Å². The van der Waals surface area contributed by atoms with Crippen molar-refractivity contribution in [3.05, 3.63) is 65.2 Å². The van der Waals surface area contributed by atoms with E-state index in [4.69, 9.17) is 4.74 Å². The van der Waals surface area contributed by atoms with Crippen LogP contribution in [0.15, 0.2) is 48.5 Å². The highest BCUT2D eigenvalue weighted by Gasteiger charge is 2.35. The maximum atomic E-state index is 14.0. The largest absolute Gasteiger partial charge is 0.444 e. The second-order valence-electron chi connectivity index (χ2n) is 10.4. The maximum absolute atomic E-state index is 14.0. The molecule has 0 fully saturated rings. The van der Waals surface area contributed by atoms with Crippen LogP contribution in [0.5, 0.6) is 0 Å². The fourth-order valence-corrected chi connectivity index (χ4v) is 4.30. The van der Waals surface area contributed by atoms with Gasteiger partial charge in [-0.1, -0.05) is 69.2 Å². The van der Waals surface area contributed by atoms with Crippen molar-refractivity contribution in [2.45, 2.75) is 84.9 Å². The summed E-state index contributed by atoms with van der Waals surface area (Å²) in [6.07, 6.45) is 2.73. The van der Waals surface area contributed by atoms with Gasteiger partial charge >= 0.3 is 6.09 Å². The molecule has 7 nitrogen and oxygen atoms in total. The Balaban J connectivity index is 2.49. The van der Waals surface area contributed by atoms with Gasteiger partial charge in [0.1, 0.15) is 17.7 Å². The van der Waals surface area contributed by atoms with Gasteiger partial charge in [0.2, 0.25) is 5.91 Å². The van der Waals surface area contributed by atoms with Gasteiger partial charge in [-0.2, -0.15) is 12.6 Å². The lowest BCUT2D eigenvalue weighted by Crippen LogP contribution is -2.53. The maximum Gasteiger partial charge on any atom is 0.408 e. The molecule has 0 bridgehead atoms. The highest BCUT2D eigenvalue weighted by atomic mass is 32.1. The topological polar surface area (TPSA) is 87.7 Å². The molecule has 0 spiro atoms. The van der Waals surface area contributed by atoms with Crippen LogP contribution in [0.3, 0.4) is 0 Å². The summed E-state index contributed by atoms with van der Waals surface area (Å²) >= 11 is 4.35. The molecule has 0 aromatic heterocycles. The number of aryl methyl sites for hydroxylation is 2. The zero-order valence-corrected chi connectivity index (χ0v) is 24.4. The fourth-order valence-electron chi connectivity index (χ4n) is 4.06. The van der Waals surface area contributed by atoms with Crippen LogP contribution < -0.4 is 10.6 Å². The Kier molecular flexibility index (Phi) is 12.2. The smallest absolute Gasteiger partial charge is 0.408 e. The van der Waals surface area contributed by atoms with Gasteiger partial charge in [-0.3, -0.25) is 9.59 Å². The van der Waals surface area contributed by atoms with Gasteiger partial charge in [-0.15, -0.1) is 0 Å². The number of carbonyl (C=O) groups excluding carboxylic acids is 3. The number of amides is 3. The average molecular weight is 542 g/mol. The molecule has 3 amide bonds. The number of carbonyl (C=O) groups is 3. The molecule has 0 saturated heterocycles. The molecule has 0 heterocycles. The molecule has 208 valence electrons. The first kappa shape index (κ1) is 31.2. The zero-order valence-electron chi connectivity index (χ0n) is 23.5. The minimum absolute atomic E-state index is 0.0588. The minimum atomic E-state index is -0.960. The second-order valence-corrected chi connectivity index (χ2v) is 10.8. The van der Waals surface area contributed by atoms with Crippen LogP contribution in [-0.4, -0.2) is 46.7 Å². The van der Waals surface area contributed by atoms with E-state index in [0.717, 1.165) is 36.8 Å². The highest BCUT2D eigenvalue weighted by Crippen LogP contribution is 2.27. The number of hydrogen-bond acceptors (Lipinski definition) is 5. The Bertz CT molecular complexity index is 1070. The van der Waals surface area contributed by atoms with Crippen LogP contribution in [0.25, 0.3) is 0 Å². The Morgan fingerprint density at radius 1 is 1.00 bits per heavy atom. The SMILES string of the molecule is CCCCCN(C(=O)C(CS)NC(=O)OC(C)(C)C)C(C(=O)Nc1ccccc1C)c1ccc(CC)cc1. The zero-order chi connectivity index (χ0) is 28.3. The Morgan fingerprint density at radius 3 is 2.21 bits per heavy atom. The van der Waals surface area contributed by atoms with Crippen molar-refractivity contribution < 1.29 is 19.1 Å². The van der Waals surface area contributed by atoms with E-state index in [1.807, 2.05) is 55.5 Å². The normalized spacial score (nSPS) is 12.8. The summed E-state index contributed by atoms with van der Waals surface area (Å²) in [6, 6.07) is 13.4. The fraction of sp³-hybridized carbons (Fsp3) is 0.500. The molecule has 2 aromatic carbocycles. The van der Waals surface area contributed by atoms with Crippen LogP contribution in [0.1, 0.15) is 76.6 Å². The Hall–Kier alpha value is -3.00. The van der Waals surface area contributed by atoms with Crippen LogP contribution in [-0.2, 0) is 20.7 Å². The predicted octanol–water partition coefficient (Wildman–Crippen LogP) is 6.08. The van der Waals surface area contributed by atoms with Gasteiger partial charge in [-0.25, -0.2) is 4.79 Å². The molecule has 0 saturated carbocycles. The second kappa shape index (κ2) is 14.8. The first-order chi connectivity index (χ1) is 18.0. The lowest BCUT2D eigenvalue weighted by Gasteiger charge is -2.34. The molecule has 2 N–H and O–H groups in total. The number of unbranched alkanes of at least 4 members (excludes halogenated alkanes) is 2. The first-order valence-corrected chi connectivity index (χ1v) is 14.0. The Labute approximate surface area is 233 Å². The summed E-state index contributed by atoms with van der Waals surface area (Å²) < 4.78 is 5.37. The molecule has 2 rings (SSSR count). The number of rotatable bonds is 12. The van der Waals surface area contributed by atoms with E-state index in [1.165, 1.54) is 0 Å². The van der Waals surface area contributed by atoms with E-state index in [9.17, 15) is 14.4 Å². The van der Waals surface area contributed by atoms with E-state index in [2.05, 4.69) is 37.1 Å². The van der Waals surface area contributed by atoms with Crippen LogP contribution >= 0.6 is 12.6 Å². The summed E-state index contributed by atoms with van der Waals surface area (Å²) in [6.45, 7) is 11.7. The molecule has 38 heavy (non-hydrogen) atoms. The number of anilines is 1. The van der Waals surface area contributed by atoms with Gasteiger partial charge in [0.15, 0.2) is 0 Å². The minimum Gasteiger partial charge on any atom is -0.444 e. The summed E-state index contributed by atoms with van der Waals surface area (Å²) in [5.74, 6) is -0.640. The number of ether oxygens (including phenoxy) is 1. The van der Waals surface area contributed by atoms with E-state index in [1.54, 1.807) is 25.7 Å². The van der Waals surface area contributed by atoms with Crippen LogP contribution in [0.4, 0.5) is 10.5 Å². The number of thiol groups is 1. The lowest BCUT2D eigenvalue weighted by molar-refractivity contribution is -0.140. The molecule has 0 aliphatic rings. The van der Waals surface area contributed by atoms with Crippen molar-refractivity contribution in [2.24, 2.45) is 0 Å². The Morgan fingerprint density at radius 2 is 1.66 bits per heavy atom. The molecule has 0 radical (unpaired) electrons. The van der Waals surface area contributed by atoms with Crippen molar-refractivity contribution in [1.82, 2.24) is 10.2 Å². The number of nitrogens with zero attached hydrogens (tertiary/aromatic N) is 1. The number of para-hydroxylation sites is 1. The highest BCUT2D eigenvalue weighted by molar-refractivity contribution is 7.80. The van der Waals surface area contributed by atoms with E-state index in [0.29, 0.717) is 17.8 Å². The molecule has 0 aliphatic carbocycles. The molecular formula is C30H43N3O4S. The summed E-state index contributed by atoms with van der Waals surface area (Å²) in [4.78, 5) is 41.9. The number of nitrogens with one attached hydrogen (secondary N) is 2. The molecule has 2 atom stereocenters. The summed E-state index contributed by atoms with van der Waals surface area (Å²) in [5.41, 5.74) is 2.73. The van der Waals surface area contributed by atoms with Crippen molar-refractivity contribution in [1.29, 1.82) is 0 Å². The van der Waals surface area contributed by atoms with Gasteiger partial charge in [0.05, 0.1) is 0 Å². The molecule has 0 aliphatic heterocycles. The molecule has 2 aromatic rings. The van der Waals surface area contributed by atoms with Crippen molar-refractivity contribution in [3.8, 4) is 0 Å². The molecular weight excluding hydrogens is 498 g/mol. The third-order valence-electron chi connectivity index (χ3n) is 6.12. The number of alkyl carbamates (subject to hydrolysis) is 1. The van der Waals surface area contributed by atoms with Gasteiger partial charge in [0, 0.05) is 18.0 Å². The number of hydrogen-bond donors (Lipinski definition) is 3. The summed E-state index contributed by atoms with van der Waals surface area (Å²) in [7, 11) is 0. The van der Waals surface area contributed by atoms with Crippen LogP contribution in [0.2, 0.25) is 0 Å². The number of benzene rings is 2. The van der Waals surface area contributed by atoms with Crippen molar-refractivity contribution in [3.63, 3.8) is 0 Å². The third-order valence-corrected chi connectivity index (χ3v) is 6.49. The monoisotopic (exact) mass is 541 g/mol. The molecule has 2 unspecified atom stereocenters. The third kappa shape index (κ3) is 9.39. The van der Waals surface area contributed by atoms with Gasteiger partial charge < -0.3 is 20.3 Å². The van der Waals surface area contributed by atoms with Gasteiger partial charge in [-0.05, 0) is 63.3 Å². The average Bonchev–Trinajstić information content (AvgIpc) is 2.87. The summed E-state index contributed by atoms with van der Waals surface area (Å²) in [5, 5.41) is 5.68. The molecule has 8 heteroatoms. The van der Waals surface area contributed by atoms with E-state index < -0.39 is 23.8 Å². The van der Waals surface area contributed by atoms with Crippen LogP contribution in [0, 0.1) is 6.92 Å².